The highest BCUT2D eigenvalue weighted by Crippen LogP contribution is 2.44. The lowest BCUT2D eigenvalue weighted by molar-refractivity contribution is -0.131. The number of rotatable bonds is 7. The molecular formula is C28H34FN3OS. The molecule has 0 unspecified atom stereocenters. The lowest BCUT2D eigenvalue weighted by Crippen LogP contribution is -2.49. The molecular weight excluding hydrogens is 445 g/mol. The number of carbonyl (C=O) groups excluding carboxylic acids is 1. The third-order valence-corrected chi connectivity index (χ3v) is 7.54. The zero-order chi connectivity index (χ0) is 24.2. The van der Waals surface area contributed by atoms with Crippen molar-refractivity contribution in [1.29, 1.82) is 0 Å². The molecule has 2 aromatic rings. The van der Waals surface area contributed by atoms with E-state index >= 15 is 0 Å². The van der Waals surface area contributed by atoms with Crippen molar-refractivity contribution in [3.05, 3.63) is 70.5 Å². The van der Waals surface area contributed by atoms with Crippen LogP contribution in [0.1, 0.15) is 30.0 Å². The second-order valence-electron chi connectivity index (χ2n) is 9.33. The van der Waals surface area contributed by atoms with Crippen molar-refractivity contribution in [2.45, 2.75) is 18.2 Å². The SMILES string of the molecule is CSc1ccc(/C=C2/C(C)=C(CC(=O)N3CCN(CCN(C)C)CC3)c3cc(F)ccc32)cc1. The van der Waals surface area contributed by atoms with E-state index in [2.05, 4.69) is 67.4 Å². The second kappa shape index (κ2) is 10.9. The third-order valence-electron chi connectivity index (χ3n) is 6.80. The fourth-order valence-corrected chi connectivity index (χ4v) is 5.08. The van der Waals surface area contributed by atoms with Crippen molar-refractivity contribution < 1.29 is 9.18 Å². The lowest BCUT2D eigenvalue weighted by atomic mass is 10.0. The highest BCUT2D eigenvalue weighted by atomic mass is 32.2. The molecule has 0 spiro atoms. The molecule has 2 aromatic carbocycles. The largest absolute Gasteiger partial charge is 0.340 e. The van der Waals surface area contributed by atoms with E-state index in [9.17, 15) is 9.18 Å². The summed E-state index contributed by atoms with van der Waals surface area (Å²) < 4.78 is 14.2. The number of halogens is 1. The molecule has 1 heterocycles. The molecule has 6 heteroatoms. The summed E-state index contributed by atoms with van der Waals surface area (Å²) in [5.74, 6) is -0.140. The number of benzene rings is 2. The molecule has 0 saturated carbocycles. The van der Waals surface area contributed by atoms with Crippen LogP contribution in [-0.4, -0.2) is 80.2 Å². The van der Waals surface area contributed by atoms with Gasteiger partial charge in [-0.15, -0.1) is 11.8 Å². The minimum Gasteiger partial charge on any atom is -0.340 e. The molecule has 4 rings (SSSR count). The molecule has 1 fully saturated rings. The average Bonchev–Trinajstić information content (AvgIpc) is 3.08. The van der Waals surface area contributed by atoms with E-state index < -0.39 is 0 Å². The van der Waals surface area contributed by atoms with Gasteiger partial charge in [0, 0.05) is 44.2 Å². The summed E-state index contributed by atoms with van der Waals surface area (Å²) in [6, 6.07) is 13.4. The molecule has 0 atom stereocenters. The van der Waals surface area contributed by atoms with Gasteiger partial charge >= 0.3 is 0 Å². The van der Waals surface area contributed by atoms with Crippen LogP contribution in [0.3, 0.4) is 0 Å². The van der Waals surface area contributed by atoms with Crippen LogP contribution in [0.2, 0.25) is 0 Å². The zero-order valence-electron chi connectivity index (χ0n) is 20.6. The topological polar surface area (TPSA) is 26.8 Å². The first-order valence-corrected chi connectivity index (χ1v) is 13.1. The van der Waals surface area contributed by atoms with Crippen LogP contribution in [-0.2, 0) is 4.79 Å². The zero-order valence-corrected chi connectivity index (χ0v) is 21.4. The molecule has 0 radical (unpaired) electrons. The maximum Gasteiger partial charge on any atom is 0.227 e. The van der Waals surface area contributed by atoms with E-state index in [0.29, 0.717) is 6.42 Å². The standard InChI is InChI=1S/C28H34FN3OS/c1-20-25(17-21-5-8-23(34-4)9-6-21)24-10-7-22(29)18-27(24)26(20)19-28(33)32-15-13-31(14-16-32)12-11-30(2)3/h5-10,17-18H,11-16,19H2,1-4H3/b25-17-. The Morgan fingerprint density at radius 3 is 2.41 bits per heavy atom. The smallest absolute Gasteiger partial charge is 0.227 e. The second-order valence-corrected chi connectivity index (χ2v) is 10.2. The highest BCUT2D eigenvalue weighted by Gasteiger charge is 2.28. The normalized spacial score (nSPS) is 17.7. The Morgan fingerprint density at radius 2 is 1.76 bits per heavy atom. The summed E-state index contributed by atoms with van der Waals surface area (Å²) in [6.07, 6.45) is 4.52. The van der Waals surface area contributed by atoms with Crippen molar-refractivity contribution in [2.24, 2.45) is 0 Å². The fraction of sp³-hybridized carbons (Fsp3) is 0.393. The van der Waals surface area contributed by atoms with Gasteiger partial charge < -0.3 is 9.80 Å². The number of piperazine rings is 1. The van der Waals surface area contributed by atoms with E-state index in [0.717, 1.165) is 72.7 Å². The molecule has 4 nitrogen and oxygen atoms in total. The maximum atomic E-state index is 14.2. The van der Waals surface area contributed by atoms with Crippen molar-refractivity contribution in [3.8, 4) is 0 Å². The highest BCUT2D eigenvalue weighted by molar-refractivity contribution is 7.98. The minimum atomic E-state index is -0.267. The van der Waals surface area contributed by atoms with E-state index in [1.807, 2.05) is 11.0 Å². The Bertz CT molecular complexity index is 1100. The Labute approximate surface area is 207 Å². The first kappa shape index (κ1) is 24.7. The molecule has 180 valence electrons. The average molecular weight is 480 g/mol. The van der Waals surface area contributed by atoms with Gasteiger partial charge in [-0.2, -0.15) is 0 Å². The maximum absolute atomic E-state index is 14.2. The first-order valence-electron chi connectivity index (χ1n) is 11.9. The third kappa shape index (κ3) is 5.62. The number of amides is 1. The van der Waals surface area contributed by atoms with E-state index in [1.165, 1.54) is 11.0 Å². The van der Waals surface area contributed by atoms with Crippen LogP contribution in [0.4, 0.5) is 4.39 Å². The molecule has 0 bridgehead atoms. The summed E-state index contributed by atoms with van der Waals surface area (Å²) in [4.78, 5) is 21.0. The molecule has 1 aliphatic heterocycles. The number of fused-ring (bicyclic) bond motifs is 1. The van der Waals surface area contributed by atoms with Gasteiger partial charge in [0.1, 0.15) is 5.82 Å². The Morgan fingerprint density at radius 1 is 1.06 bits per heavy atom. The number of allylic oxidation sites excluding steroid dienone is 2. The van der Waals surface area contributed by atoms with E-state index in [1.54, 1.807) is 17.8 Å². The quantitative estimate of drug-likeness (QED) is 0.524. The van der Waals surface area contributed by atoms with Crippen molar-refractivity contribution in [1.82, 2.24) is 14.7 Å². The molecule has 2 aliphatic rings. The Kier molecular flexibility index (Phi) is 7.91. The Balaban J connectivity index is 1.53. The summed E-state index contributed by atoms with van der Waals surface area (Å²) in [6.45, 7) is 7.41. The van der Waals surface area contributed by atoms with Crippen molar-refractivity contribution >= 4 is 34.9 Å². The fourth-order valence-electron chi connectivity index (χ4n) is 4.67. The van der Waals surface area contributed by atoms with Gasteiger partial charge in [0.15, 0.2) is 0 Å². The monoisotopic (exact) mass is 479 g/mol. The lowest BCUT2D eigenvalue weighted by Gasteiger charge is -2.35. The van der Waals surface area contributed by atoms with Crippen LogP contribution in [0.25, 0.3) is 17.2 Å². The van der Waals surface area contributed by atoms with Crippen LogP contribution in [0, 0.1) is 5.82 Å². The first-order chi connectivity index (χ1) is 16.4. The predicted octanol–water partition coefficient (Wildman–Crippen LogP) is 4.97. The number of carbonyl (C=O) groups is 1. The number of hydrogen-bond donors (Lipinski definition) is 0. The summed E-state index contributed by atoms with van der Waals surface area (Å²) in [5.41, 5.74) is 6.03. The molecule has 1 aliphatic carbocycles. The van der Waals surface area contributed by atoms with Gasteiger partial charge in [0.2, 0.25) is 5.91 Å². The summed E-state index contributed by atoms with van der Waals surface area (Å²) >= 11 is 1.72. The molecule has 1 saturated heterocycles. The summed E-state index contributed by atoms with van der Waals surface area (Å²) in [7, 11) is 4.17. The molecule has 0 aromatic heterocycles. The van der Waals surface area contributed by atoms with Gasteiger partial charge in [0.25, 0.3) is 0 Å². The number of likely N-dealkylation sites (N-methyl/N-ethyl adjacent to an activating group) is 1. The van der Waals surface area contributed by atoms with E-state index in [4.69, 9.17) is 0 Å². The van der Waals surface area contributed by atoms with Gasteiger partial charge in [0.05, 0.1) is 6.42 Å². The predicted molar refractivity (Wildman–Crippen MR) is 141 cm³/mol. The van der Waals surface area contributed by atoms with Crippen molar-refractivity contribution in [2.75, 3.05) is 59.6 Å². The van der Waals surface area contributed by atoms with Gasteiger partial charge in [-0.1, -0.05) is 18.2 Å². The van der Waals surface area contributed by atoms with Gasteiger partial charge in [-0.25, -0.2) is 4.39 Å². The number of hydrogen-bond acceptors (Lipinski definition) is 4. The summed E-state index contributed by atoms with van der Waals surface area (Å²) in [5, 5.41) is 0. The number of nitrogens with zero attached hydrogens (tertiary/aromatic N) is 3. The molecule has 0 N–H and O–H groups in total. The van der Waals surface area contributed by atoms with Crippen LogP contribution in [0.5, 0.6) is 0 Å². The minimum absolute atomic E-state index is 0.127. The number of thioether (sulfide) groups is 1. The van der Waals surface area contributed by atoms with Crippen molar-refractivity contribution in [3.63, 3.8) is 0 Å². The Hall–Kier alpha value is -2.41. The molecule has 34 heavy (non-hydrogen) atoms. The van der Waals surface area contributed by atoms with Crippen LogP contribution >= 0.6 is 11.8 Å². The van der Waals surface area contributed by atoms with Crippen LogP contribution in [0.15, 0.2) is 52.9 Å². The van der Waals surface area contributed by atoms with E-state index in [-0.39, 0.29) is 11.7 Å². The van der Waals surface area contributed by atoms with Gasteiger partial charge in [-0.05, 0) is 91.0 Å². The van der Waals surface area contributed by atoms with Crippen LogP contribution < -0.4 is 0 Å². The molecule has 1 amide bonds. The van der Waals surface area contributed by atoms with Gasteiger partial charge in [-0.3, -0.25) is 9.69 Å².